The summed E-state index contributed by atoms with van der Waals surface area (Å²) in [5.74, 6) is 0. The van der Waals surface area contributed by atoms with Crippen molar-refractivity contribution in [2.45, 2.75) is 12.5 Å². The van der Waals surface area contributed by atoms with Crippen LogP contribution in [0, 0.1) is 11.3 Å². The van der Waals surface area contributed by atoms with Crippen LogP contribution in [0.15, 0.2) is 12.1 Å². The van der Waals surface area contributed by atoms with Gasteiger partial charge in [0.2, 0.25) is 0 Å². The van der Waals surface area contributed by atoms with E-state index < -0.39 is 6.10 Å². The van der Waals surface area contributed by atoms with Gasteiger partial charge >= 0.3 is 0 Å². The molecule has 0 saturated carbocycles. The van der Waals surface area contributed by atoms with Gasteiger partial charge in [0.25, 0.3) is 0 Å². The molecule has 0 spiro atoms. The minimum absolute atomic E-state index is 0.122. The third-order valence-electron chi connectivity index (χ3n) is 1.21. The maximum absolute atomic E-state index is 9.26. The number of halogens is 1. The SMILES string of the molecule is N#CC[C@H](O)c1ccc(Cl)s1. The number of hydrogen-bond acceptors (Lipinski definition) is 3. The first-order chi connectivity index (χ1) is 5.24. The van der Waals surface area contributed by atoms with E-state index >= 15 is 0 Å². The van der Waals surface area contributed by atoms with Gasteiger partial charge in [-0.05, 0) is 12.1 Å². The first-order valence-electron chi connectivity index (χ1n) is 3.04. The van der Waals surface area contributed by atoms with Gasteiger partial charge in [-0.3, -0.25) is 0 Å². The lowest BCUT2D eigenvalue weighted by molar-refractivity contribution is 0.187. The van der Waals surface area contributed by atoms with Crippen LogP contribution >= 0.6 is 22.9 Å². The summed E-state index contributed by atoms with van der Waals surface area (Å²) in [5.41, 5.74) is 0. The van der Waals surface area contributed by atoms with Crippen LogP contribution in [0.2, 0.25) is 4.34 Å². The monoisotopic (exact) mass is 187 g/mol. The molecule has 1 atom stereocenters. The molecule has 0 saturated heterocycles. The van der Waals surface area contributed by atoms with Crippen molar-refractivity contribution in [2.24, 2.45) is 0 Å². The fourth-order valence-electron chi connectivity index (χ4n) is 0.694. The molecule has 1 rings (SSSR count). The molecule has 11 heavy (non-hydrogen) atoms. The number of nitriles is 1. The molecule has 0 bridgehead atoms. The highest BCUT2D eigenvalue weighted by Gasteiger charge is 2.08. The van der Waals surface area contributed by atoms with Crippen molar-refractivity contribution in [1.82, 2.24) is 0 Å². The molecule has 0 unspecified atom stereocenters. The Balaban J connectivity index is 2.70. The number of nitrogens with zero attached hydrogens (tertiary/aromatic N) is 1. The zero-order valence-corrected chi connectivity index (χ0v) is 7.19. The smallest absolute Gasteiger partial charge is 0.101 e. The van der Waals surface area contributed by atoms with Crippen LogP contribution in [0.1, 0.15) is 17.4 Å². The summed E-state index contributed by atoms with van der Waals surface area (Å²) in [5, 5.41) is 17.5. The van der Waals surface area contributed by atoms with Crippen molar-refractivity contribution in [2.75, 3.05) is 0 Å². The molecule has 2 nitrogen and oxygen atoms in total. The number of rotatable bonds is 2. The van der Waals surface area contributed by atoms with Crippen molar-refractivity contribution in [3.8, 4) is 6.07 Å². The van der Waals surface area contributed by atoms with E-state index in [0.717, 1.165) is 4.88 Å². The largest absolute Gasteiger partial charge is 0.386 e. The van der Waals surface area contributed by atoms with E-state index in [0.29, 0.717) is 4.34 Å². The molecule has 0 fully saturated rings. The standard InChI is InChI=1S/C7H6ClNOS/c8-7-2-1-6(11-7)5(10)3-4-9/h1-2,5,10H,3H2/t5-/m0/s1. The van der Waals surface area contributed by atoms with Crippen LogP contribution in [0.5, 0.6) is 0 Å². The summed E-state index contributed by atoms with van der Waals surface area (Å²) in [7, 11) is 0. The fourth-order valence-corrected chi connectivity index (χ4v) is 1.74. The van der Waals surface area contributed by atoms with Gasteiger partial charge in [0.1, 0.15) is 6.10 Å². The van der Waals surface area contributed by atoms with E-state index in [-0.39, 0.29) is 6.42 Å². The molecule has 4 heteroatoms. The van der Waals surface area contributed by atoms with Crippen molar-refractivity contribution in [1.29, 1.82) is 5.26 Å². The third-order valence-corrected chi connectivity index (χ3v) is 2.54. The molecule has 58 valence electrons. The van der Waals surface area contributed by atoms with E-state index in [1.54, 1.807) is 12.1 Å². The zero-order valence-electron chi connectivity index (χ0n) is 5.62. The molecule has 1 heterocycles. The quantitative estimate of drug-likeness (QED) is 0.773. The first-order valence-corrected chi connectivity index (χ1v) is 4.23. The Bertz CT molecular complexity index is 278. The lowest BCUT2D eigenvalue weighted by Gasteiger charge is -1.99. The molecule has 0 aliphatic carbocycles. The molecule has 1 aromatic rings. The summed E-state index contributed by atoms with van der Waals surface area (Å²) in [4.78, 5) is 0.747. The normalized spacial score (nSPS) is 12.5. The summed E-state index contributed by atoms with van der Waals surface area (Å²) < 4.78 is 0.636. The zero-order chi connectivity index (χ0) is 8.27. The predicted octanol–water partition coefficient (Wildman–Crippen LogP) is 2.35. The van der Waals surface area contributed by atoms with Gasteiger partial charge < -0.3 is 5.11 Å². The Morgan fingerprint density at radius 3 is 2.91 bits per heavy atom. The van der Waals surface area contributed by atoms with Crippen LogP contribution < -0.4 is 0 Å². The Hall–Kier alpha value is -0.560. The third kappa shape index (κ3) is 2.19. The highest BCUT2D eigenvalue weighted by atomic mass is 35.5. The van der Waals surface area contributed by atoms with Crippen LogP contribution in [-0.2, 0) is 0 Å². The highest BCUT2D eigenvalue weighted by Crippen LogP contribution is 2.27. The van der Waals surface area contributed by atoms with Crippen molar-refractivity contribution in [3.05, 3.63) is 21.3 Å². The lowest BCUT2D eigenvalue weighted by Crippen LogP contribution is -1.90. The van der Waals surface area contributed by atoms with Gasteiger partial charge in [-0.1, -0.05) is 11.6 Å². The molecule has 0 aliphatic rings. The average molecular weight is 188 g/mol. The average Bonchev–Trinajstić information content (AvgIpc) is 2.36. The summed E-state index contributed by atoms with van der Waals surface area (Å²) in [6, 6.07) is 5.33. The number of thiophene rings is 1. The minimum atomic E-state index is -0.683. The minimum Gasteiger partial charge on any atom is -0.386 e. The van der Waals surface area contributed by atoms with Crippen molar-refractivity contribution < 1.29 is 5.11 Å². The van der Waals surface area contributed by atoms with E-state index in [1.165, 1.54) is 11.3 Å². The predicted molar refractivity (Wildman–Crippen MR) is 44.5 cm³/mol. The molecule has 1 N–H and O–H groups in total. The fraction of sp³-hybridized carbons (Fsp3) is 0.286. The van der Waals surface area contributed by atoms with E-state index in [9.17, 15) is 5.11 Å². The van der Waals surface area contributed by atoms with Gasteiger partial charge in [0, 0.05) is 4.88 Å². The van der Waals surface area contributed by atoms with Gasteiger partial charge in [0.05, 0.1) is 16.8 Å². The van der Waals surface area contributed by atoms with Gasteiger partial charge in [-0.25, -0.2) is 0 Å². The van der Waals surface area contributed by atoms with Gasteiger partial charge in [0.15, 0.2) is 0 Å². The molecule has 1 aromatic heterocycles. The van der Waals surface area contributed by atoms with Gasteiger partial charge in [-0.15, -0.1) is 11.3 Å². The molecule has 0 radical (unpaired) electrons. The number of hydrogen-bond donors (Lipinski definition) is 1. The Labute approximate surface area is 73.7 Å². The highest BCUT2D eigenvalue weighted by molar-refractivity contribution is 7.16. The second-order valence-electron chi connectivity index (χ2n) is 2.02. The first kappa shape index (κ1) is 8.54. The topological polar surface area (TPSA) is 44.0 Å². The molecule has 0 aromatic carbocycles. The van der Waals surface area contributed by atoms with Gasteiger partial charge in [-0.2, -0.15) is 5.26 Å². The summed E-state index contributed by atoms with van der Waals surface area (Å²) >= 11 is 6.93. The van der Waals surface area contributed by atoms with E-state index in [2.05, 4.69) is 0 Å². The Morgan fingerprint density at radius 1 is 1.73 bits per heavy atom. The molecular formula is C7H6ClNOS. The van der Waals surface area contributed by atoms with Crippen LogP contribution in [-0.4, -0.2) is 5.11 Å². The molecular weight excluding hydrogens is 182 g/mol. The maximum atomic E-state index is 9.26. The second kappa shape index (κ2) is 3.72. The Morgan fingerprint density at radius 2 is 2.45 bits per heavy atom. The van der Waals surface area contributed by atoms with Crippen LogP contribution in [0.25, 0.3) is 0 Å². The number of aliphatic hydroxyl groups is 1. The maximum Gasteiger partial charge on any atom is 0.101 e. The second-order valence-corrected chi connectivity index (χ2v) is 3.77. The van der Waals surface area contributed by atoms with Crippen molar-refractivity contribution in [3.63, 3.8) is 0 Å². The van der Waals surface area contributed by atoms with Crippen LogP contribution in [0.4, 0.5) is 0 Å². The van der Waals surface area contributed by atoms with Crippen LogP contribution in [0.3, 0.4) is 0 Å². The van der Waals surface area contributed by atoms with E-state index in [4.69, 9.17) is 16.9 Å². The lowest BCUT2D eigenvalue weighted by atomic mass is 10.2. The van der Waals surface area contributed by atoms with E-state index in [1.807, 2.05) is 6.07 Å². The van der Waals surface area contributed by atoms with Crippen molar-refractivity contribution >= 4 is 22.9 Å². The molecule has 0 aliphatic heterocycles. The summed E-state index contributed by atoms with van der Waals surface area (Å²) in [6.07, 6.45) is -0.561. The Kier molecular flexibility index (Phi) is 2.89. The number of aliphatic hydroxyl groups excluding tert-OH is 1. The molecule has 0 amide bonds. The summed E-state index contributed by atoms with van der Waals surface area (Å²) in [6.45, 7) is 0.